The lowest BCUT2D eigenvalue weighted by Gasteiger charge is -2.19. The summed E-state index contributed by atoms with van der Waals surface area (Å²) < 4.78 is 13.3. The van der Waals surface area contributed by atoms with Gasteiger partial charge in [-0.1, -0.05) is 6.07 Å². The van der Waals surface area contributed by atoms with Gasteiger partial charge in [0, 0.05) is 24.2 Å². The van der Waals surface area contributed by atoms with Gasteiger partial charge in [0.05, 0.1) is 5.69 Å². The van der Waals surface area contributed by atoms with Crippen LogP contribution in [-0.2, 0) is 6.54 Å². The lowest BCUT2D eigenvalue weighted by Crippen LogP contribution is -2.16. The van der Waals surface area contributed by atoms with Crippen molar-refractivity contribution in [3.63, 3.8) is 0 Å². The quantitative estimate of drug-likeness (QED) is 0.900. The van der Waals surface area contributed by atoms with E-state index in [0.717, 1.165) is 29.6 Å². The third kappa shape index (κ3) is 2.86. The normalized spacial score (nSPS) is 10.6. The summed E-state index contributed by atoms with van der Waals surface area (Å²) in [6.45, 7) is 3.54. The van der Waals surface area contributed by atoms with Crippen molar-refractivity contribution >= 4 is 22.2 Å². The molecule has 0 radical (unpaired) electrons. The number of nitrogens with one attached hydrogen (secondary N) is 1. The van der Waals surface area contributed by atoms with Crippen molar-refractivity contribution in [2.24, 2.45) is 0 Å². The van der Waals surface area contributed by atoms with E-state index in [2.05, 4.69) is 10.3 Å². The summed E-state index contributed by atoms with van der Waals surface area (Å²) in [5.74, 6) is -0.224. The molecule has 0 bridgehead atoms. The number of hydrogen-bond acceptors (Lipinski definition) is 4. The molecule has 0 fully saturated rings. The van der Waals surface area contributed by atoms with Crippen molar-refractivity contribution in [2.45, 2.75) is 13.5 Å². The monoisotopic (exact) mass is 265 g/mol. The van der Waals surface area contributed by atoms with Crippen LogP contribution >= 0.6 is 11.3 Å². The molecule has 18 heavy (non-hydrogen) atoms. The Balaban J connectivity index is 2.27. The molecule has 2 rings (SSSR count). The molecule has 3 nitrogen and oxygen atoms in total. The Bertz CT molecular complexity index is 512. The summed E-state index contributed by atoms with van der Waals surface area (Å²) in [5, 5.41) is 5.99. The molecule has 0 unspecified atom stereocenters. The van der Waals surface area contributed by atoms with Crippen molar-refractivity contribution in [2.75, 3.05) is 18.5 Å². The number of aromatic nitrogens is 1. The summed E-state index contributed by atoms with van der Waals surface area (Å²) in [5.41, 5.74) is 1.84. The Morgan fingerprint density at radius 2 is 2.28 bits per heavy atom. The molecule has 0 atom stereocenters. The zero-order chi connectivity index (χ0) is 13.0. The average Bonchev–Trinajstić information content (AvgIpc) is 2.79. The summed E-state index contributed by atoms with van der Waals surface area (Å²) in [6, 6.07) is 6.59. The molecule has 5 heteroatoms. The van der Waals surface area contributed by atoms with Gasteiger partial charge in [-0.15, -0.1) is 11.3 Å². The Hall–Kier alpha value is -1.46. The minimum absolute atomic E-state index is 0.224. The molecule has 0 aliphatic carbocycles. The van der Waals surface area contributed by atoms with Crippen LogP contribution in [0.5, 0.6) is 0 Å². The molecular weight excluding hydrogens is 249 g/mol. The van der Waals surface area contributed by atoms with E-state index < -0.39 is 0 Å². The van der Waals surface area contributed by atoms with Crippen molar-refractivity contribution in [3.8, 4) is 0 Å². The number of hydrogen-bond donors (Lipinski definition) is 1. The number of thiazole rings is 1. The van der Waals surface area contributed by atoms with E-state index in [1.165, 1.54) is 12.1 Å². The molecule has 1 N–H and O–H groups in total. The average molecular weight is 265 g/mol. The Kier molecular flexibility index (Phi) is 4.28. The zero-order valence-electron chi connectivity index (χ0n) is 10.5. The number of halogens is 1. The molecule has 0 aliphatic rings. The number of nitrogens with zero attached hydrogens (tertiary/aromatic N) is 2. The molecule has 0 saturated heterocycles. The second-order valence-corrected chi connectivity index (χ2v) is 4.71. The Morgan fingerprint density at radius 1 is 1.44 bits per heavy atom. The van der Waals surface area contributed by atoms with E-state index in [4.69, 9.17) is 0 Å². The van der Waals surface area contributed by atoms with Crippen LogP contribution in [0.1, 0.15) is 12.6 Å². The molecule has 1 heterocycles. The lowest BCUT2D eigenvalue weighted by molar-refractivity contribution is 0.627. The van der Waals surface area contributed by atoms with E-state index in [0.29, 0.717) is 0 Å². The van der Waals surface area contributed by atoms with Crippen LogP contribution in [0.25, 0.3) is 0 Å². The first-order valence-electron chi connectivity index (χ1n) is 5.86. The summed E-state index contributed by atoms with van der Waals surface area (Å²) in [4.78, 5) is 6.54. The standard InChI is InChI=1S/C13H16FN3S/c1-3-17(12-6-4-5-10(14)7-12)13-16-11(8-15-2)9-18-13/h4-7,9,15H,3,8H2,1-2H3. The van der Waals surface area contributed by atoms with E-state index in [9.17, 15) is 4.39 Å². The van der Waals surface area contributed by atoms with Crippen molar-refractivity contribution in [1.29, 1.82) is 0 Å². The molecule has 0 saturated carbocycles. The fraction of sp³-hybridized carbons (Fsp3) is 0.308. The molecule has 2 aromatic rings. The summed E-state index contributed by atoms with van der Waals surface area (Å²) >= 11 is 1.58. The first-order chi connectivity index (χ1) is 8.74. The van der Waals surface area contributed by atoms with E-state index in [1.54, 1.807) is 17.4 Å². The van der Waals surface area contributed by atoms with Gasteiger partial charge in [0.2, 0.25) is 0 Å². The van der Waals surface area contributed by atoms with E-state index >= 15 is 0 Å². The molecule has 96 valence electrons. The molecule has 1 aromatic carbocycles. The minimum Gasteiger partial charge on any atom is -0.318 e. The van der Waals surface area contributed by atoms with Gasteiger partial charge in [0.15, 0.2) is 5.13 Å². The van der Waals surface area contributed by atoms with Gasteiger partial charge in [-0.3, -0.25) is 0 Å². The maximum absolute atomic E-state index is 13.3. The maximum atomic E-state index is 13.3. The molecule has 0 amide bonds. The number of benzene rings is 1. The highest BCUT2D eigenvalue weighted by Crippen LogP contribution is 2.28. The predicted octanol–water partition coefficient (Wildman–Crippen LogP) is 3.16. The van der Waals surface area contributed by atoms with Gasteiger partial charge in [-0.25, -0.2) is 9.37 Å². The summed E-state index contributed by atoms with van der Waals surface area (Å²) in [6.07, 6.45) is 0. The zero-order valence-corrected chi connectivity index (χ0v) is 11.3. The second-order valence-electron chi connectivity index (χ2n) is 3.88. The highest BCUT2D eigenvalue weighted by Gasteiger charge is 2.12. The third-order valence-electron chi connectivity index (χ3n) is 2.56. The van der Waals surface area contributed by atoms with Crippen LogP contribution in [0.3, 0.4) is 0 Å². The highest BCUT2D eigenvalue weighted by atomic mass is 32.1. The minimum atomic E-state index is -0.224. The molecule has 0 aliphatic heterocycles. The lowest BCUT2D eigenvalue weighted by atomic mass is 10.3. The van der Waals surface area contributed by atoms with Gasteiger partial charge in [0.1, 0.15) is 5.82 Å². The van der Waals surface area contributed by atoms with Gasteiger partial charge < -0.3 is 10.2 Å². The van der Waals surface area contributed by atoms with Crippen LogP contribution in [0.2, 0.25) is 0 Å². The predicted molar refractivity (Wildman–Crippen MR) is 74.0 cm³/mol. The first-order valence-corrected chi connectivity index (χ1v) is 6.74. The van der Waals surface area contributed by atoms with Crippen LogP contribution in [0.15, 0.2) is 29.6 Å². The number of anilines is 2. The topological polar surface area (TPSA) is 28.2 Å². The van der Waals surface area contributed by atoms with E-state index in [1.807, 2.05) is 30.3 Å². The fourth-order valence-electron chi connectivity index (χ4n) is 1.75. The van der Waals surface area contributed by atoms with Crippen LogP contribution in [0.4, 0.5) is 15.2 Å². The molecular formula is C13H16FN3S. The second kappa shape index (κ2) is 5.93. The maximum Gasteiger partial charge on any atom is 0.190 e. The van der Waals surface area contributed by atoms with E-state index in [-0.39, 0.29) is 5.82 Å². The van der Waals surface area contributed by atoms with Crippen LogP contribution in [-0.4, -0.2) is 18.6 Å². The largest absolute Gasteiger partial charge is 0.318 e. The number of rotatable bonds is 5. The Labute approximate surface area is 110 Å². The van der Waals surface area contributed by atoms with Crippen molar-refractivity contribution < 1.29 is 4.39 Å². The molecule has 0 spiro atoms. The van der Waals surface area contributed by atoms with Crippen LogP contribution < -0.4 is 10.2 Å². The fourth-order valence-corrected chi connectivity index (χ4v) is 2.66. The third-order valence-corrected chi connectivity index (χ3v) is 3.48. The van der Waals surface area contributed by atoms with Gasteiger partial charge in [-0.2, -0.15) is 0 Å². The highest BCUT2D eigenvalue weighted by molar-refractivity contribution is 7.13. The van der Waals surface area contributed by atoms with Crippen molar-refractivity contribution in [3.05, 3.63) is 41.2 Å². The van der Waals surface area contributed by atoms with Crippen LogP contribution in [0, 0.1) is 5.82 Å². The Morgan fingerprint density at radius 3 is 2.94 bits per heavy atom. The first kappa shape index (κ1) is 13.0. The molecule has 1 aromatic heterocycles. The van der Waals surface area contributed by atoms with Crippen molar-refractivity contribution in [1.82, 2.24) is 10.3 Å². The van der Waals surface area contributed by atoms with Gasteiger partial charge >= 0.3 is 0 Å². The van der Waals surface area contributed by atoms with Gasteiger partial charge in [-0.05, 0) is 32.2 Å². The SMILES string of the molecule is CCN(c1cccc(F)c1)c1nc(CNC)cs1. The van der Waals surface area contributed by atoms with Gasteiger partial charge in [0.25, 0.3) is 0 Å². The summed E-state index contributed by atoms with van der Waals surface area (Å²) in [7, 11) is 1.89. The smallest absolute Gasteiger partial charge is 0.190 e.